The lowest BCUT2D eigenvalue weighted by Crippen LogP contribution is -2.35. The number of esters is 1. The topological polar surface area (TPSA) is 64.6 Å². The first-order chi connectivity index (χ1) is 12.0. The van der Waals surface area contributed by atoms with Gasteiger partial charge in [-0.1, -0.05) is 42.0 Å². The predicted octanol–water partition coefficient (Wildman–Crippen LogP) is 2.79. The molecule has 0 fully saturated rings. The molecule has 0 heterocycles. The van der Waals surface area contributed by atoms with Crippen molar-refractivity contribution < 1.29 is 19.1 Å². The van der Waals surface area contributed by atoms with Crippen LogP contribution in [0.4, 0.5) is 0 Å². The van der Waals surface area contributed by atoms with Gasteiger partial charge < -0.3 is 14.8 Å². The summed E-state index contributed by atoms with van der Waals surface area (Å²) in [5.74, 6) is 0.0116. The van der Waals surface area contributed by atoms with E-state index in [1.807, 2.05) is 55.5 Å². The van der Waals surface area contributed by atoms with E-state index in [1.54, 1.807) is 14.0 Å². The molecule has 5 nitrogen and oxygen atoms in total. The van der Waals surface area contributed by atoms with E-state index in [2.05, 4.69) is 5.32 Å². The van der Waals surface area contributed by atoms with Crippen LogP contribution in [0.3, 0.4) is 0 Å². The molecule has 2 aromatic rings. The van der Waals surface area contributed by atoms with Crippen LogP contribution < -0.4 is 10.1 Å². The summed E-state index contributed by atoms with van der Waals surface area (Å²) in [5.41, 5.74) is 2.93. The molecule has 5 heteroatoms. The fraction of sp³-hybridized carbons (Fsp3) is 0.300. The first-order valence-corrected chi connectivity index (χ1v) is 8.13. The summed E-state index contributed by atoms with van der Waals surface area (Å²) in [6.07, 6.45) is -0.688. The van der Waals surface area contributed by atoms with Crippen molar-refractivity contribution in [2.45, 2.75) is 32.9 Å². The second-order valence-corrected chi connectivity index (χ2v) is 5.86. The van der Waals surface area contributed by atoms with Crippen LogP contribution in [0.25, 0.3) is 0 Å². The first-order valence-electron chi connectivity index (χ1n) is 8.13. The van der Waals surface area contributed by atoms with Crippen LogP contribution in [0.5, 0.6) is 5.75 Å². The SMILES string of the molecule is COc1ccc(CNC(=O)[C@@H](C)OC(=O)Cc2ccc(C)cc2)cc1. The van der Waals surface area contributed by atoms with Crippen molar-refractivity contribution in [1.82, 2.24) is 5.32 Å². The van der Waals surface area contributed by atoms with Crippen molar-refractivity contribution in [2.24, 2.45) is 0 Å². The molecule has 0 unspecified atom stereocenters. The summed E-state index contributed by atoms with van der Waals surface area (Å²) >= 11 is 0. The van der Waals surface area contributed by atoms with Crippen molar-refractivity contribution in [2.75, 3.05) is 7.11 Å². The first kappa shape index (κ1) is 18.5. The molecule has 0 saturated carbocycles. The molecule has 0 radical (unpaired) electrons. The highest BCUT2D eigenvalue weighted by Crippen LogP contribution is 2.11. The Bertz CT molecular complexity index is 707. The summed E-state index contributed by atoms with van der Waals surface area (Å²) in [7, 11) is 1.60. The monoisotopic (exact) mass is 341 g/mol. The van der Waals surface area contributed by atoms with E-state index in [9.17, 15) is 9.59 Å². The zero-order valence-electron chi connectivity index (χ0n) is 14.7. The number of benzene rings is 2. The normalized spacial score (nSPS) is 11.5. The summed E-state index contributed by atoms with van der Waals surface area (Å²) in [6.45, 7) is 3.91. The molecule has 0 aliphatic rings. The van der Waals surface area contributed by atoms with E-state index < -0.39 is 12.1 Å². The second kappa shape index (κ2) is 8.87. The van der Waals surface area contributed by atoms with Crippen LogP contribution in [0.2, 0.25) is 0 Å². The summed E-state index contributed by atoms with van der Waals surface area (Å²) in [4.78, 5) is 24.0. The minimum Gasteiger partial charge on any atom is -0.497 e. The number of ether oxygens (including phenoxy) is 2. The molecule has 1 atom stereocenters. The van der Waals surface area contributed by atoms with Gasteiger partial charge in [0.2, 0.25) is 0 Å². The fourth-order valence-corrected chi connectivity index (χ4v) is 2.24. The molecule has 2 rings (SSSR count). The van der Waals surface area contributed by atoms with Gasteiger partial charge in [0.15, 0.2) is 6.10 Å². The second-order valence-electron chi connectivity index (χ2n) is 5.86. The Morgan fingerprint density at radius 3 is 2.20 bits per heavy atom. The van der Waals surface area contributed by atoms with Crippen LogP contribution in [-0.4, -0.2) is 25.1 Å². The maximum atomic E-state index is 12.1. The lowest BCUT2D eigenvalue weighted by molar-refractivity contribution is -0.154. The smallest absolute Gasteiger partial charge is 0.311 e. The van der Waals surface area contributed by atoms with E-state index in [4.69, 9.17) is 9.47 Å². The molecule has 2 aromatic carbocycles. The molecule has 0 aromatic heterocycles. The van der Waals surface area contributed by atoms with Gasteiger partial charge in [0, 0.05) is 6.54 Å². The minimum absolute atomic E-state index is 0.149. The van der Waals surface area contributed by atoms with Crippen molar-refractivity contribution in [3.63, 3.8) is 0 Å². The zero-order valence-corrected chi connectivity index (χ0v) is 14.7. The number of nitrogens with one attached hydrogen (secondary N) is 1. The number of carbonyl (C=O) groups is 2. The third-order valence-electron chi connectivity index (χ3n) is 3.77. The van der Waals surface area contributed by atoms with Crippen LogP contribution in [0, 0.1) is 6.92 Å². The maximum absolute atomic E-state index is 12.1. The van der Waals surface area contributed by atoms with E-state index in [-0.39, 0.29) is 12.3 Å². The van der Waals surface area contributed by atoms with Crippen molar-refractivity contribution in [3.8, 4) is 5.75 Å². The summed E-state index contributed by atoms with van der Waals surface area (Å²) in [5, 5.41) is 2.76. The van der Waals surface area contributed by atoms with Gasteiger partial charge in [-0.25, -0.2) is 0 Å². The Kier molecular flexibility index (Phi) is 6.57. The summed E-state index contributed by atoms with van der Waals surface area (Å²) < 4.78 is 10.3. The largest absolute Gasteiger partial charge is 0.497 e. The van der Waals surface area contributed by atoms with Gasteiger partial charge in [-0.2, -0.15) is 0 Å². The van der Waals surface area contributed by atoms with Crippen LogP contribution in [0.15, 0.2) is 48.5 Å². The van der Waals surface area contributed by atoms with Crippen molar-refractivity contribution in [3.05, 3.63) is 65.2 Å². The minimum atomic E-state index is -0.837. The highest BCUT2D eigenvalue weighted by atomic mass is 16.5. The third kappa shape index (κ3) is 5.95. The van der Waals surface area contributed by atoms with Gasteiger partial charge in [-0.15, -0.1) is 0 Å². The molecular weight excluding hydrogens is 318 g/mol. The molecule has 0 aliphatic carbocycles. The highest BCUT2D eigenvalue weighted by Gasteiger charge is 2.17. The molecule has 0 saturated heterocycles. The molecule has 1 amide bonds. The number of hydrogen-bond donors (Lipinski definition) is 1. The Hall–Kier alpha value is -2.82. The van der Waals surface area contributed by atoms with Crippen LogP contribution >= 0.6 is 0 Å². The quantitative estimate of drug-likeness (QED) is 0.787. The molecule has 25 heavy (non-hydrogen) atoms. The molecule has 132 valence electrons. The number of methoxy groups -OCH3 is 1. The molecule has 0 aliphatic heterocycles. The predicted molar refractivity (Wildman–Crippen MR) is 95.3 cm³/mol. The Labute approximate surface area is 148 Å². The van der Waals surface area contributed by atoms with E-state index in [0.717, 1.165) is 22.4 Å². The van der Waals surface area contributed by atoms with Crippen LogP contribution in [-0.2, 0) is 27.3 Å². The number of amides is 1. The van der Waals surface area contributed by atoms with Gasteiger partial charge in [0.25, 0.3) is 5.91 Å². The van der Waals surface area contributed by atoms with Gasteiger partial charge in [0.05, 0.1) is 13.5 Å². The van der Waals surface area contributed by atoms with Gasteiger partial charge in [-0.3, -0.25) is 9.59 Å². The van der Waals surface area contributed by atoms with Gasteiger partial charge in [0.1, 0.15) is 5.75 Å². The Balaban J connectivity index is 1.78. The zero-order chi connectivity index (χ0) is 18.2. The molecule has 1 N–H and O–H groups in total. The average Bonchev–Trinajstić information content (AvgIpc) is 2.62. The highest BCUT2D eigenvalue weighted by molar-refractivity contribution is 5.83. The Morgan fingerprint density at radius 1 is 1.00 bits per heavy atom. The standard InChI is InChI=1S/C20H23NO4/c1-14-4-6-16(7-5-14)12-19(22)25-15(2)20(23)21-13-17-8-10-18(24-3)11-9-17/h4-11,15H,12-13H2,1-3H3,(H,21,23)/t15-/m1/s1. The van der Waals surface area contributed by atoms with Crippen molar-refractivity contribution >= 4 is 11.9 Å². The van der Waals surface area contributed by atoms with Crippen molar-refractivity contribution in [1.29, 1.82) is 0 Å². The third-order valence-corrected chi connectivity index (χ3v) is 3.77. The number of hydrogen-bond acceptors (Lipinski definition) is 4. The summed E-state index contributed by atoms with van der Waals surface area (Å²) in [6, 6.07) is 15.0. The lowest BCUT2D eigenvalue weighted by atomic mass is 10.1. The fourth-order valence-electron chi connectivity index (χ4n) is 2.24. The molecule has 0 bridgehead atoms. The van der Waals surface area contributed by atoms with Crippen LogP contribution in [0.1, 0.15) is 23.6 Å². The Morgan fingerprint density at radius 2 is 1.60 bits per heavy atom. The van der Waals surface area contributed by atoms with E-state index in [1.165, 1.54) is 0 Å². The number of rotatable bonds is 7. The maximum Gasteiger partial charge on any atom is 0.311 e. The van der Waals surface area contributed by atoms with Gasteiger partial charge in [-0.05, 0) is 37.1 Å². The number of carbonyl (C=O) groups excluding carboxylic acids is 2. The van der Waals surface area contributed by atoms with E-state index in [0.29, 0.717) is 6.54 Å². The number of aryl methyl sites for hydroxylation is 1. The average molecular weight is 341 g/mol. The lowest BCUT2D eigenvalue weighted by Gasteiger charge is -2.14. The molecule has 0 spiro atoms. The molecular formula is C20H23NO4. The van der Waals surface area contributed by atoms with Gasteiger partial charge >= 0.3 is 5.97 Å². The van der Waals surface area contributed by atoms with E-state index >= 15 is 0 Å².